The Balaban J connectivity index is 1.68. The molecule has 150 valence electrons. The first-order valence-electron chi connectivity index (χ1n) is 9.43. The molecule has 0 aliphatic carbocycles. The summed E-state index contributed by atoms with van der Waals surface area (Å²) in [6.45, 7) is 1.98. The molecule has 0 aromatic heterocycles. The van der Waals surface area contributed by atoms with Gasteiger partial charge in [0.2, 0.25) is 0 Å². The number of benzene rings is 2. The predicted molar refractivity (Wildman–Crippen MR) is 106 cm³/mol. The number of carboxylic acid groups (broad SMARTS) is 1. The summed E-state index contributed by atoms with van der Waals surface area (Å²) in [5.74, 6) is -2.10. The van der Waals surface area contributed by atoms with Crippen LogP contribution in [0.1, 0.15) is 56.4 Å². The Bertz CT molecular complexity index is 955. The van der Waals surface area contributed by atoms with Gasteiger partial charge in [0.15, 0.2) is 0 Å². The summed E-state index contributed by atoms with van der Waals surface area (Å²) < 4.78 is 0. The Hall–Kier alpha value is -3.48. The number of hydrogen-bond donors (Lipinski definition) is 2. The Labute approximate surface area is 168 Å². The van der Waals surface area contributed by atoms with Crippen LogP contribution < -0.4 is 5.32 Å². The first kappa shape index (κ1) is 20.3. The van der Waals surface area contributed by atoms with Crippen LogP contribution in [0.3, 0.4) is 0 Å². The van der Waals surface area contributed by atoms with Crippen LogP contribution >= 0.6 is 0 Å². The Kier molecular flexibility index (Phi) is 6.07. The van der Waals surface area contributed by atoms with Gasteiger partial charge in [-0.05, 0) is 43.5 Å². The Morgan fingerprint density at radius 2 is 1.72 bits per heavy atom. The molecule has 1 atom stereocenters. The molecule has 1 aliphatic heterocycles. The van der Waals surface area contributed by atoms with Gasteiger partial charge in [-0.15, -0.1) is 0 Å². The minimum Gasteiger partial charge on any atom is -0.481 e. The number of carbonyl (C=O) groups is 4. The maximum Gasteiger partial charge on any atom is 0.303 e. The highest BCUT2D eigenvalue weighted by atomic mass is 16.4. The molecule has 0 saturated heterocycles. The average molecular weight is 394 g/mol. The highest BCUT2D eigenvalue weighted by Crippen LogP contribution is 2.24. The van der Waals surface area contributed by atoms with Gasteiger partial charge in [0.25, 0.3) is 17.7 Å². The first-order chi connectivity index (χ1) is 13.9. The van der Waals surface area contributed by atoms with Crippen molar-refractivity contribution in [3.8, 4) is 0 Å². The largest absolute Gasteiger partial charge is 0.481 e. The van der Waals surface area contributed by atoms with Crippen molar-refractivity contribution in [2.24, 2.45) is 0 Å². The molecule has 1 heterocycles. The molecule has 0 bridgehead atoms. The lowest BCUT2D eigenvalue weighted by Gasteiger charge is -2.13. The molecule has 2 aromatic rings. The molecule has 29 heavy (non-hydrogen) atoms. The first-order valence-corrected chi connectivity index (χ1v) is 9.43. The van der Waals surface area contributed by atoms with Crippen molar-refractivity contribution in [2.75, 3.05) is 6.54 Å². The number of hydrogen-bond acceptors (Lipinski definition) is 4. The second-order valence-electron chi connectivity index (χ2n) is 7.06. The summed E-state index contributed by atoms with van der Waals surface area (Å²) >= 11 is 0. The van der Waals surface area contributed by atoms with Gasteiger partial charge in [-0.3, -0.25) is 24.1 Å². The number of aliphatic carboxylic acids is 1. The molecular formula is C22H22N2O5. The monoisotopic (exact) mass is 394 g/mol. The molecule has 1 aliphatic rings. The molecule has 7 nitrogen and oxygen atoms in total. The molecule has 0 fully saturated rings. The van der Waals surface area contributed by atoms with Crippen LogP contribution in [0, 0.1) is 0 Å². The zero-order valence-corrected chi connectivity index (χ0v) is 16.1. The summed E-state index contributed by atoms with van der Waals surface area (Å²) in [7, 11) is 0. The lowest BCUT2D eigenvalue weighted by molar-refractivity contribution is -0.137. The van der Waals surface area contributed by atoms with Crippen LogP contribution in [0.25, 0.3) is 0 Å². The zero-order valence-electron chi connectivity index (χ0n) is 16.1. The SMILES string of the molecule is CC(CCC(=O)O)NC(=O)c1ccc2c(c1)C(=O)N(CCc1ccccc1)C2=O. The molecule has 1 unspecified atom stereocenters. The smallest absolute Gasteiger partial charge is 0.303 e. The molecule has 2 N–H and O–H groups in total. The fraction of sp³-hybridized carbons (Fsp3) is 0.273. The maximum atomic E-state index is 12.7. The lowest BCUT2D eigenvalue weighted by Crippen LogP contribution is -2.33. The molecule has 3 amide bonds. The van der Waals surface area contributed by atoms with Crippen molar-refractivity contribution in [1.82, 2.24) is 10.2 Å². The van der Waals surface area contributed by atoms with E-state index in [9.17, 15) is 19.2 Å². The van der Waals surface area contributed by atoms with Crippen molar-refractivity contribution in [1.29, 1.82) is 0 Å². The predicted octanol–water partition coefficient (Wildman–Crippen LogP) is 2.51. The van der Waals surface area contributed by atoms with E-state index in [0.29, 0.717) is 18.4 Å². The number of amides is 3. The van der Waals surface area contributed by atoms with Gasteiger partial charge in [-0.1, -0.05) is 30.3 Å². The average Bonchev–Trinajstić information content (AvgIpc) is 2.95. The van der Waals surface area contributed by atoms with E-state index >= 15 is 0 Å². The van der Waals surface area contributed by atoms with Crippen molar-refractivity contribution in [3.05, 3.63) is 70.8 Å². The van der Waals surface area contributed by atoms with E-state index in [-0.39, 0.29) is 36.0 Å². The molecular weight excluding hydrogens is 372 g/mol. The minimum absolute atomic E-state index is 0.0466. The van der Waals surface area contributed by atoms with E-state index < -0.39 is 17.8 Å². The number of nitrogens with one attached hydrogen (secondary N) is 1. The molecule has 7 heteroatoms. The number of imide groups is 1. The van der Waals surface area contributed by atoms with Crippen LogP contribution in [-0.4, -0.2) is 46.3 Å². The maximum absolute atomic E-state index is 12.7. The normalized spacial score (nSPS) is 13.9. The van der Waals surface area contributed by atoms with Gasteiger partial charge in [0.1, 0.15) is 0 Å². The second kappa shape index (κ2) is 8.68. The number of carboxylic acids is 1. The van der Waals surface area contributed by atoms with E-state index in [2.05, 4.69) is 5.32 Å². The van der Waals surface area contributed by atoms with Gasteiger partial charge in [0.05, 0.1) is 11.1 Å². The fourth-order valence-electron chi connectivity index (χ4n) is 3.24. The van der Waals surface area contributed by atoms with Gasteiger partial charge >= 0.3 is 5.97 Å². The van der Waals surface area contributed by atoms with Crippen LogP contribution in [0.5, 0.6) is 0 Å². The van der Waals surface area contributed by atoms with E-state index in [4.69, 9.17) is 5.11 Å². The molecule has 2 aromatic carbocycles. The third kappa shape index (κ3) is 4.68. The van der Waals surface area contributed by atoms with Crippen LogP contribution in [0.15, 0.2) is 48.5 Å². The van der Waals surface area contributed by atoms with Crippen LogP contribution in [0.2, 0.25) is 0 Å². The Morgan fingerprint density at radius 3 is 2.41 bits per heavy atom. The number of rotatable bonds is 8. The van der Waals surface area contributed by atoms with Gasteiger partial charge in [-0.25, -0.2) is 0 Å². The minimum atomic E-state index is -0.927. The van der Waals surface area contributed by atoms with E-state index in [1.807, 2.05) is 30.3 Å². The zero-order chi connectivity index (χ0) is 21.0. The van der Waals surface area contributed by atoms with E-state index in [1.165, 1.54) is 23.1 Å². The third-order valence-corrected chi connectivity index (χ3v) is 4.87. The van der Waals surface area contributed by atoms with Crippen molar-refractivity contribution < 1.29 is 24.3 Å². The Morgan fingerprint density at radius 1 is 1.03 bits per heavy atom. The standard InChI is InChI=1S/C22H22N2O5/c1-14(7-10-19(25)26)23-20(27)16-8-9-17-18(13-16)22(29)24(21(17)28)12-11-15-5-3-2-4-6-15/h2-6,8-9,13-14H,7,10-12H2,1H3,(H,23,27)(H,25,26). The highest BCUT2D eigenvalue weighted by Gasteiger charge is 2.35. The third-order valence-electron chi connectivity index (χ3n) is 4.87. The summed E-state index contributed by atoms with van der Waals surface area (Å²) in [6, 6.07) is 13.7. The highest BCUT2D eigenvalue weighted by molar-refractivity contribution is 6.22. The number of nitrogens with zero attached hydrogens (tertiary/aromatic N) is 1. The van der Waals surface area contributed by atoms with Crippen molar-refractivity contribution in [3.63, 3.8) is 0 Å². The summed E-state index contributed by atoms with van der Waals surface area (Å²) in [5.41, 5.74) is 1.80. The molecule has 0 spiro atoms. The second-order valence-corrected chi connectivity index (χ2v) is 7.06. The quantitative estimate of drug-likeness (QED) is 0.670. The number of fused-ring (bicyclic) bond motifs is 1. The summed E-state index contributed by atoms with van der Waals surface area (Å²) in [5, 5.41) is 11.4. The van der Waals surface area contributed by atoms with E-state index in [0.717, 1.165) is 5.56 Å². The molecule has 0 radical (unpaired) electrons. The van der Waals surface area contributed by atoms with Crippen molar-refractivity contribution >= 4 is 23.7 Å². The molecule has 0 saturated carbocycles. The van der Waals surface area contributed by atoms with Gasteiger partial charge in [0, 0.05) is 24.6 Å². The lowest BCUT2D eigenvalue weighted by atomic mass is 10.0. The molecule has 3 rings (SSSR count). The van der Waals surface area contributed by atoms with Gasteiger partial charge < -0.3 is 10.4 Å². The number of carbonyl (C=O) groups excluding carboxylic acids is 3. The van der Waals surface area contributed by atoms with Gasteiger partial charge in [-0.2, -0.15) is 0 Å². The summed E-state index contributed by atoms with van der Waals surface area (Å²) in [6.07, 6.45) is 0.812. The van der Waals surface area contributed by atoms with Crippen molar-refractivity contribution in [2.45, 2.75) is 32.2 Å². The summed E-state index contributed by atoms with van der Waals surface area (Å²) in [4.78, 5) is 49.6. The van der Waals surface area contributed by atoms with Crippen LogP contribution in [-0.2, 0) is 11.2 Å². The van der Waals surface area contributed by atoms with E-state index in [1.54, 1.807) is 6.92 Å². The van der Waals surface area contributed by atoms with Crippen LogP contribution in [0.4, 0.5) is 0 Å². The fourth-order valence-corrected chi connectivity index (χ4v) is 3.24. The topological polar surface area (TPSA) is 104 Å².